The molecule has 0 aromatic rings. The lowest BCUT2D eigenvalue weighted by Gasteiger charge is -2.26. The van der Waals surface area contributed by atoms with E-state index in [1.54, 1.807) is 0 Å². The van der Waals surface area contributed by atoms with E-state index in [0.717, 1.165) is 32.1 Å². The molecule has 1 aliphatic heterocycles. The third-order valence-electron chi connectivity index (χ3n) is 4.23. The van der Waals surface area contributed by atoms with Crippen LogP contribution in [-0.4, -0.2) is 42.1 Å². The number of carboxylic acids is 1. The second-order valence-electron chi connectivity index (χ2n) is 5.54. The summed E-state index contributed by atoms with van der Waals surface area (Å²) in [6.45, 7) is 2.32. The molecule has 0 aromatic heterocycles. The summed E-state index contributed by atoms with van der Waals surface area (Å²) in [5.74, 6) is -1.53. The molecule has 0 radical (unpaired) electrons. The lowest BCUT2D eigenvalue weighted by atomic mass is 9.99. The molecule has 1 aliphatic carbocycles. The zero-order valence-electron chi connectivity index (χ0n) is 10.7. The number of carbonyl (C=O) groups is 1. The number of aliphatic carboxylic acids is 1. The maximum Gasteiger partial charge on any atom is 0.308 e. The van der Waals surface area contributed by atoms with Gasteiger partial charge < -0.3 is 5.11 Å². The topological polar surface area (TPSA) is 74.7 Å². The van der Waals surface area contributed by atoms with E-state index in [1.807, 2.05) is 6.92 Å². The van der Waals surface area contributed by atoms with Crippen molar-refractivity contribution in [3.8, 4) is 0 Å². The highest BCUT2D eigenvalue weighted by molar-refractivity contribution is 7.89. The van der Waals surface area contributed by atoms with Crippen LogP contribution in [0.2, 0.25) is 0 Å². The van der Waals surface area contributed by atoms with Crippen molar-refractivity contribution in [1.82, 2.24) is 4.31 Å². The fourth-order valence-electron chi connectivity index (χ4n) is 3.03. The summed E-state index contributed by atoms with van der Waals surface area (Å²) in [5.41, 5.74) is 0. The quantitative estimate of drug-likeness (QED) is 0.842. The Morgan fingerprint density at radius 1 is 1.17 bits per heavy atom. The Labute approximate surface area is 108 Å². The molecule has 2 rings (SSSR count). The fraction of sp³-hybridized carbons (Fsp3) is 0.917. The van der Waals surface area contributed by atoms with Crippen LogP contribution in [-0.2, 0) is 14.8 Å². The van der Waals surface area contributed by atoms with Gasteiger partial charge >= 0.3 is 5.97 Å². The van der Waals surface area contributed by atoms with E-state index in [-0.39, 0.29) is 17.7 Å². The van der Waals surface area contributed by atoms with Gasteiger partial charge in [0.05, 0.1) is 11.2 Å². The van der Waals surface area contributed by atoms with Crippen molar-refractivity contribution in [3.63, 3.8) is 0 Å². The molecule has 0 amide bonds. The van der Waals surface area contributed by atoms with Crippen molar-refractivity contribution in [1.29, 1.82) is 0 Å². The smallest absolute Gasteiger partial charge is 0.308 e. The van der Waals surface area contributed by atoms with E-state index >= 15 is 0 Å². The summed E-state index contributed by atoms with van der Waals surface area (Å²) in [7, 11) is -3.29. The monoisotopic (exact) mass is 275 g/mol. The zero-order valence-corrected chi connectivity index (χ0v) is 11.5. The standard InChI is InChI=1S/C12H21NO4S/c1-9-7-13(8-11(9)12(14)15)18(16,17)10-5-3-2-4-6-10/h9-11H,2-8H2,1H3,(H,14,15)/t9-,11-/m1/s1. The lowest BCUT2D eigenvalue weighted by Crippen LogP contribution is -2.38. The Kier molecular flexibility index (Phi) is 3.96. The first kappa shape index (κ1) is 13.8. The minimum Gasteiger partial charge on any atom is -0.481 e. The van der Waals surface area contributed by atoms with E-state index in [1.165, 1.54) is 4.31 Å². The Hall–Kier alpha value is -0.620. The molecule has 5 nitrogen and oxygen atoms in total. The third kappa shape index (κ3) is 2.54. The lowest BCUT2D eigenvalue weighted by molar-refractivity contribution is -0.142. The molecule has 1 saturated carbocycles. The number of carboxylic acid groups (broad SMARTS) is 1. The summed E-state index contributed by atoms with van der Waals surface area (Å²) in [4.78, 5) is 11.0. The van der Waals surface area contributed by atoms with E-state index in [9.17, 15) is 13.2 Å². The Bertz CT molecular complexity index is 414. The number of hydrogen-bond acceptors (Lipinski definition) is 3. The molecule has 2 atom stereocenters. The van der Waals surface area contributed by atoms with Crippen LogP contribution >= 0.6 is 0 Å². The molecular formula is C12H21NO4S. The largest absolute Gasteiger partial charge is 0.481 e. The van der Waals surface area contributed by atoms with Crippen LogP contribution in [0.1, 0.15) is 39.0 Å². The van der Waals surface area contributed by atoms with Crippen LogP contribution in [0.15, 0.2) is 0 Å². The molecule has 0 bridgehead atoms. The Balaban J connectivity index is 2.09. The fourth-order valence-corrected chi connectivity index (χ4v) is 5.19. The van der Waals surface area contributed by atoms with E-state index in [0.29, 0.717) is 6.54 Å². The maximum atomic E-state index is 12.4. The van der Waals surface area contributed by atoms with Crippen LogP contribution in [0.25, 0.3) is 0 Å². The van der Waals surface area contributed by atoms with Crippen molar-refractivity contribution in [2.75, 3.05) is 13.1 Å². The Morgan fingerprint density at radius 3 is 2.28 bits per heavy atom. The Morgan fingerprint density at radius 2 is 1.78 bits per heavy atom. The first-order valence-electron chi connectivity index (χ1n) is 6.64. The molecule has 6 heteroatoms. The van der Waals surface area contributed by atoms with Gasteiger partial charge in [-0.3, -0.25) is 4.79 Å². The van der Waals surface area contributed by atoms with Gasteiger partial charge in [0.1, 0.15) is 0 Å². The average molecular weight is 275 g/mol. The van der Waals surface area contributed by atoms with Crippen molar-refractivity contribution in [2.24, 2.45) is 11.8 Å². The summed E-state index contributed by atoms with van der Waals surface area (Å²) < 4.78 is 26.3. The molecule has 1 saturated heterocycles. The summed E-state index contributed by atoms with van der Waals surface area (Å²) in [6, 6.07) is 0. The van der Waals surface area contributed by atoms with Crippen molar-refractivity contribution >= 4 is 16.0 Å². The van der Waals surface area contributed by atoms with Gasteiger partial charge in [0.15, 0.2) is 0 Å². The van der Waals surface area contributed by atoms with Gasteiger partial charge in [-0.2, -0.15) is 0 Å². The van der Waals surface area contributed by atoms with Crippen LogP contribution in [0.4, 0.5) is 0 Å². The van der Waals surface area contributed by atoms with E-state index < -0.39 is 21.9 Å². The number of nitrogens with zero attached hydrogens (tertiary/aromatic N) is 1. The molecular weight excluding hydrogens is 254 g/mol. The molecule has 1 heterocycles. The molecule has 18 heavy (non-hydrogen) atoms. The van der Waals surface area contributed by atoms with Crippen molar-refractivity contribution < 1.29 is 18.3 Å². The van der Waals surface area contributed by atoms with Crippen LogP contribution in [0.3, 0.4) is 0 Å². The molecule has 1 N–H and O–H groups in total. The molecule has 0 spiro atoms. The van der Waals surface area contributed by atoms with E-state index in [4.69, 9.17) is 5.11 Å². The normalized spacial score (nSPS) is 31.6. The van der Waals surface area contributed by atoms with Gasteiger partial charge in [0, 0.05) is 13.1 Å². The van der Waals surface area contributed by atoms with E-state index in [2.05, 4.69) is 0 Å². The summed E-state index contributed by atoms with van der Waals surface area (Å²) >= 11 is 0. The second kappa shape index (κ2) is 5.17. The van der Waals surface area contributed by atoms with Crippen molar-refractivity contribution in [2.45, 2.75) is 44.3 Å². The molecule has 2 aliphatic rings. The van der Waals surface area contributed by atoms with Gasteiger partial charge in [-0.15, -0.1) is 0 Å². The average Bonchev–Trinajstić information content (AvgIpc) is 2.73. The minimum atomic E-state index is -3.29. The zero-order chi connectivity index (χ0) is 13.3. The second-order valence-corrected chi connectivity index (χ2v) is 7.76. The van der Waals surface area contributed by atoms with Gasteiger partial charge in [-0.25, -0.2) is 12.7 Å². The van der Waals surface area contributed by atoms with Crippen LogP contribution in [0.5, 0.6) is 0 Å². The molecule has 0 unspecified atom stereocenters. The minimum absolute atomic E-state index is 0.0964. The third-order valence-corrected chi connectivity index (χ3v) is 6.56. The maximum absolute atomic E-state index is 12.4. The van der Waals surface area contributed by atoms with Gasteiger partial charge in [0.25, 0.3) is 0 Å². The first-order chi connectivity index (χ1) is 8.43. The van der Waals surface area contributed by atoms with Gasteiger partial charge in [-0.1, -0.05) is 26.2 Å². The molecule has 104 valence electrons. The van der Waals surface area contributed by atoms with Gasteiger partial charge in [0.2, 0.25) is 10.0 Å². The van der Waals surface area contributed by atoms with Gasteiger partial charge in [-0.05, 0) is 18.8 Å². The predicted octanol–water partition coefficient (Wildman–Crippen LogP) is 1.30. The highest BCUT2D eigenvalue weighted by Gasteiger charge is 2.42. The molecule has 2 fully saturated rings. The number of hydrogen-bond donors (Lipinski definition) is 1. The molecule has 0 aromatic carbocycles. The highest BCUT2D eigenvalue weighted by atomic mass is 32.2. The highest BCUT2D eigenvalue weighted by Crippen LogP contribution is 2.31. The van der Waals surface area contributed by atoms with Crippen LogP contribution < -0.4 is 0 Å². The van der Waals surface area contributed by atoms with Crippen molar-refractivity contribution in [3.05, 3.63) is 0 Å². The van der Waals surface area contributed by atoms with Crippen LogP contribution in [0, 0.1) is 11.8 Å². The SMILES string of the molecule is C[C@@H]1CN(S(=O)(=O)C2CCCCC2)C[C@H]1C(=O)O. The number of sulfonamides is 1. The summed E-state index contributed by atoms with van der Waals surface area (Å²) in [5, 5.41) is 8.77. The predicted molar refractivity (Wildman–Crippen MR) is 67.7 cm³/mol. The summed E-state index contributed by atoms with van der Waals surface area (Å²) in [6.07, 6.45) is 4.50. The first-order valence-corrected chi connectivity index (χ1v) is 8.15. The number of rotatable bonds is 3.